The zero-order valence-corrected chi connectivity index (χ0v) is 7.09. The van der Waals surface area contributed by atoms with Gasteiger partial charge in [0.1, 0.15) is 0 Å². The van der Waals surface area contributed by atoms with Gasteiger partial charge in [-0.25, -0.2) is 0 Å². The van der Waals surface area contributed by atoms with Crippen molar-refractivity contribution in [1.29, 1.82) is 0 Å². The molecule has 0 amide bonds. The first-order valence-corrected chi connectivity index (χ1v) is 3.51. The lowest BCUT2D eigenvalue weighted by Crippen LogP contribution is -2.29. The monoisotopic (exact) mass is 149 g/mol. The lowest BCUT2D eigenvalue weighted by molar-refractivity contribution is 0.0898. The number of aliphatic hydroxyl groups is 2. The van der Waals surface area contributed by atoms with Crippen LogP contribution in [0.2, 0.25) is 0 Å². The molecule has 3 heteroatoms. The SMILES string of the molecule is CC(C)(O)CN.CCCO. The number of hydrogen-bond donors (Lipinski definition) is 3. The first-order valence-electron chi connectivity index (χ1n) is 3.51. The molecule has 4 N–H and O–H groups in total. The molecule has 0 saturated heterocycles. The Morgan fingerprint density at radius 1 is 1.40 bits per heavy atom. The first-order chi connectivity index (χ1) is 4.47. The van der Waals surface area contributed by atoms with Crippen LogP contribution in [-0.2, 0) is 0 Å². The summed E-state index contributed by atoms with van der Waals surface area (Å²) in [6, 6.07) is 0. The van der Waals surface area contributed by atoms with Crippen LogP contribution >= 0.6 is 0 Å². The van der Waals surface area contributed by atoms with E-state index in [0.717, 1.165) is 6.42 Å². The number of rotatable bonds is 2. The summed E-state index contributed by atoms with van der Waals surface area (Å²) in [5.41, 5.74) is 4.38. The smallest absolute Gasteiger partial charge is 0.0713 e. The molecule has 0 aliphatic rings. The van der Waals surface area contributed by atoms with Crippen molar-refractivity contribution in [2.24, 2.45) is 5.73 Å². The lowest BCUT2D eigenvalue weighted by atomic mass is 10.1. The van der Waals surface area contributed by atoms with Gasteiger partial charge in [0.25, 0.3) is 0 Å². The van der Waals surface area contributed by atoms with Gasteiger partial charge in [-0.2, -0.15) is 0 Å². The van der Waals surface area contributed by atoms with E-state index < -0.39 is 5.60 Å². The average Bonchev–Trinajstić information content (AvgIpc) is 1.87. The summed E-state index contributed by atoms with van der Waals surface area (Å²) in [6.45, 7) is 5.92. The largest absolute Gasteiger partial charge is 0.396 e. The van der Waals surface area contributed by atoms with Crippen molar-refractivity contribution < 1.29 is 10.2 Å². The van der Waals surface area contributed by atoms with E-state index in [0.29, 0.717) is 13.2 Å². The number of nitrogens with two attached hydrogens (primary N) is 1. The Bertz CT molecular complexity index is 57.1. The molecule has 0 saturated carbocycles. The Balaban J connectivity index is 0. The highest BCUT2D eigenvalue weighted by molar-refractivity contribution is 4.63. The molecule has 0 radical (unpaired) electrons. The normalized spacial score (nSPS) is 10.2. The molecule has 64 valence electrons. The highest BCUT2D eigenvalue weighted by Crippen LogP contribution is 1.93. The maximum Gasteiger partial charge on any atom is 0.0713 e. The fourth-order valence-electron chi connectivity index (χ4n) is 0. The van der Waals surface area contributed by atoms with Crippen molar-refractivity contribution >= 4 is 0 Å². The highest BCUT2D eigenvalue weighted by atomic mass is 16.3. The molecule has 0 aromatic carbocycles. The van der Waals surface area contributed by atoms with Gasteiger partial charge < -0.3 is 15.9 Å². The zero-order chi connectivity index (χ0) is 8.62. The van der Waals surface area contributed by atoms with E-state index in [9.17, 15) is 0 Å². The van der Waals surface area contributed by atoms with Gasteiger partial charge in [-0.3, -0.25) is 0 Å². The Hall–Kier alpha value is -0.120. The molecule has 10 heavy (non-hydrogen) atoms. The van der Waals surface area contributed by atoms with E-state index in [-0.39, 0.29) is 0 Å². The van der Waals surface area contributed by atoms with Crippen LogP contribution < -0.4 is 5.73 Å². The van der Waals surface area contributed by atoms with E-state index in [4.69, 9.17) is 15.9 Å². The lowest BCUT2D eigenvalue weighted by Gasteiger charge is -2.11. The molecule has 3 nitrogen and oxygen atoms in total. The Morgan fingerprint density at radius 2 is 1.60 bits per heavy atom. The third kappa shape index (κ3) is 24.8. The summed E-state index contributed by atoms with van der Waals surface area (Å²) in [4.78, 5) is 0. The summed E-state index contributed by atoms with van der Waals surface area (Å²) in [5.74, 6) is 0. The molecule has 0 spiro atoms. The Labute approximate surface area is 62.9 Å². The minimum absolute atomic E-state index is 0.319. The van der Waals surface area contributed by atoms with Gasteiger partial charge in [-0.1, -0.05) is 6.92 Å². The second kappa shape index (κ2) is 6.99. The van der Waals surface area contributed by atoms with E-state index in [2.05, 4.69) is 0 Å². The van der Waals surface area contributed by atoms with Crippen LogP contribution in [-0.4, -0.2) is 29.0 Å². The van der Waals surface area contributed by atoms with Crippen LogP contribution in [0.15, 0.2) is 0 Å². The predicted octanol–water partition coefficient (Wildman–Crippen LogP) is 0.105. The van der Waals surface area contributed by atoms with Crippen LogP contribution in [0.1, 0.15) is 27.2 Å². The van der Waals surface area contributed by atoms with Gasteiger partial charge in [-0.05, 0) is 20.3 Å². The van der Waals surface area contributed by atoms with Gasteiger partial charge in [0, 0.05) is 13.2 Å². The van der Waals surface area contributed by atoms with Gasteiger partial charge in [0.05, 0.1) is 5.60 Å². The third-order valence-corrected chi connectivity index (χ3v) is 0.723. The fraction of sp³-hybridized carbons (Fsp3) is 1.00. The summed E-state index contributed by atoms with van der Waals surface area (Å²) in [5, 5.41) is 16.6. The molecule has 0 aliphatic carbocycles. The van der Waals surface area contributed by atoms with Crippen molar-refractivity contribution in [3.8, 4) is 0 Å². The molecular formula is C7H19NO2. The van der Waals surface area contributed by atoms with Crippen LogP contribution in [0.25, 0.3) is 0 Å². The maximum absolute atomic E-state index is 8.70. The van der Waals surface area contributed by atoms with Crippen molar-refractivity contribution in [3.05, 3.63) is 0 Å². The number of hydrogen-bond acceptors (Lipinski definition) is 3. The summed E-state index contributed by atoms with van der Waals surface area (Å²) in [7, 11) is 0. The fourth-order valence-corrected chi connectivity index (χ4v) is 0. The second-order valence-electron chi connectivity index (χ2n) is 2.74. The molecule has 0 bridgehead atoms. The third-order valence-electron chi connectivity index (χ3n) is 0.723. The molecule has 0 heterocycles. The summed E-state index contributed by atoms with van der Waals surface area (Å²) in [6.07, 6.45) is 0.875. The van der Waals surface area contributed by atoms with E-state index in [1.807, 2.05) is 6.92 Å². The van der Waals surface area contributed by atoms with Crippen LogP contribution in [0, 0.1) is 0 Å². The van der Waals surface area contributed by atoms with Gasteiger partial charge in [0.2, 0.25) is 0 Å². The predicted molar refractivity (Wildman–Crippen MR) is 42.7 cm³/mol. The molecule has 0 aromatic rings. The minimum atomic E-state index is -0.681. The molecule has 0 fully saturated rings. The van der Waals surface area contributed by atoms with Crippen LogP contribution in [0.4, 0.5) is 0 Å². The van der Waals surface area contributed by atoms with Crippen molar-refractivity contribution in [2.45, 2.75) is 32.8 Å². The van der Waals surface area contributed by atoms with E-state index in [1.165, 1.54) is 0 Å². The van der Waals surface area contributed by atoms with Crippen LogP contribution in [0.3, 0.4) is 0 Å². The van der Waals surface area contributed by atoms with E-state index in [1.54, 1.807) is 13.8 Å². The quantitative estimate of drug-likeness (QED) is 0.522. The topological polar surface area (TPSA) is 66.5 Å². The molecule has 0 unspecified atom stereocenters. The zero-order valence-electron chi connectivity index (χ0n) is 7.09. The molecule has 0 rings (SSSR count). The average molecular weight is 149 g/mol. The minimum Gasteiger partial charge on any atom is -0.396 e. The standard InChI is InChI=1S/C4H11NO.C3H8O/c1-4(2,6)3-5;1-2-3-4/h6H,3,5H2,1-2H3;4H,2-3H2,1H3. The van der Waals surface area contributed by atoms with Crippen molar-refractivity contribution in [2.75, 3.05) is 13.2 Å². The molecule has 0 aromatic heterocycles. The first kappa shape index (κ1) is 12.5. The Kier molecular flexibility index (Phi) is 8.77. The van der Waals surface area contributed by atoms with Crippen molar-refractivity contribution in [1.82, 2.24) is 0 Å². The summed E-state index contributed by atoms with van der Waals surface area (Å²) < 4.78 is 0. The van der Waals surface area contributed by atoms with Gasteiger partial charge in [0.15, 0.2) is 0 Å². The second-order valence-corrected chi connectivity index (χ2v) is 2.74. The van der Waals surface area contributed by atoms with Gasteiger partial charge in [-0.15, -0.1) is 0 Å². The van der Waals surface area contributed by atoms with Gasteiger partial charge >= 0.3 is 0 Å². The Morgan fingerprint density at radius 3 is 1.60 bits per heavy atom. The maximum atomic E-state index is 8.70. The number of aliphatic hydroxyl groups excluding tert-OH is 1. The highest BCUT2D eigenvalue weighted by Gasteiger charge is 2.06. The van der Waals surface area contributed by atoms with Crippen LogP contribution in [0.5, 0.6) is 0 Å². The summed E-state index contributed by atoms with van der Waals surface area (Å²) >= 11 is 0. The molecule has 0 aliphatic heterocycles. The molecule has 0 atom stereocenters. The molecular weight excluding hydrogens is 130 g/mol. The van der Waals surface area contributed by atoms with Crippen molar-refractivity contribution in [3.63, 3.8) is 0 Å². The van der Waals surface area contributed by atoms with E-state index >= 15 is 0 Å².